The van der Waals surface area contributed by atoms with Gasteiger partial charge in [0.2, 0.25) is 0 Å². The molecule has 0 saturated carbocycles. The molecule has 124 valence electrons. The number of amides is 1. The Kier molecular flexibility index (Phi) is 4.61. The monoisotopic (exact) mass is 358 g/mol. The third-order valence-corrected chi connectivity index (χ3v) is 5.75. The largest absolute Gasteiger partial charge is 0.319 e. The summed E-state index contributed by atoms with van der Waals surface area (Å²) in [5.74, 6) is -0.141. The number of hydrogen-bond donors (Lipinski definition) is 0. The van der Waals surface area contributed by atoms with E-state index in [-0.39, 0.29) is 5.91 Å². The normalized spacial score (nSPS) is 12.1. The van der Waals surface area contributed by atoms with Crippen LogP contribution in [0.5, 0.6) is 0 Å². The number of nitrogens with zero attached hydrogens (tertiary/aromatic N) is 2. The summed E-state index contributed by atoms with van der Waals surface area (Å²) < 4.78 is 2.92. The van der Waals surface area contributed by atoms with E-state index in [4.69, 9.17) is 11.6 Å². The first-order chi connectivity index (χ1) is 11.4. The summed E-state index contributed by atoms with van der Waals surface area (Å²) in [7, 11) is 1.92. The molecular formula is C19H19ClN2OS. The lowest BCUT2D eigenvalue weighted by molar-refractivity contribution is -0.117. The number of carbonyl (C=O) groups excluding carboxylic acids is 1. The quantitative estimate of drug-likeness (QED) is 0.664. The van der Waals surface area contributed by atoms with Gasteiger partial charge in [0.15, 0.2) is 4.80 Å². The number of aryl methyl sites for hydroxylation is 4. The Bertz CT molecular complexity index is 1010. The van der Waals surface area contributed by atoms with Crippen molar-refractivity contribution in [1.29, 1.82) is 0 Å². The topological polar surface area (TPSA) is 34.4 Å². The minimum atomic E-state index is -0.141. The van der Waals surface area contributed by atoms with Gasteiger partial charge in [0.1, 0.15) is 0 Å². The second kappa shape index (κ2) is 6.54. The molecule has 0 bridgehead atoms. The number of benzene rings is 2. The fourth-order valence-electron chi connectivity index (χ4n) is 2.87. The van der Waals surface area contributed by atoms with Crippen molar-refractivity contribution in [3.63, 3.8) is 0 Å². The molecule has 0 radical (unpaired) electrons. The lowest BCUT2D eigenvalue weighted by atomic mass is 10.0. The number of aromatic nitrogens is 1. The second-order valence-electron chi connectivity index (χ2n) is 6.10. The number of halogens is 1. The molecule has 1 amide bonds. The average Bonchev–Trinajstić information content (AvgIpc) is 2.84. The lowest BCUT2D eigenvalue weighted by Gasteiger charge is -2.04. The highest BCUT2D eigenvalue weighted by Gasteiger charge is 2.11. The third-order valence-electron chi connectivity index (χ3n) is 4.16. The molecule has 0 atom stereocenters. The SMILES string of the molecule is Cc1ccc(CC(=O)N=c2sc3c(Cl)ccc(C)c3n2C)c(C)c1. The predicted molar refractivity (Wildman–Crippen MR) is 101 cm³/mol. The molecule has 5 heteroatoms. The van der Waals surface area contributed by atoms with E-state index < -0.39 is 0 Å². The molecule has 2 aromatic carbocycles. The summed E-state index contributed by atoms with van der Waals surface area (Å²) in [5.41, 5.74) is 5.49. The van der Waals surface area contributed by atoms with Crippen LogP contribution < -0.4 is 4.80 Å². The van der Waals surface area contributed by atoms with Gasteiger partial charge in [-0.2, -0.15) is 4.99 Å². The smallest absolute Gasteiger partial charge is 0.252 e. The van der Waals surface area contributed by atoms with Crippen molar-refractivity contribution < 1.29 is 4.79 Å². The summed E-state index contributed by atoms with van der Waals surface area (Å²) >= 11 is 7.74. The van der Waals surface area contributed by atoms with Crippen LogP contribution in [-0.4, -0.2) is 10.5 Å². The minimum Gasteiger partial charge on any atom is -0.319 e. The molecule has 0 aliphatic carbocycles. The molecule has 0 fully saturated rings. The van der Waals surface area contributed by atoms with E-state index in [1.165, 1.54) is 16.9 Å². The van der Waals surface area contributed by atoms with Crippen molar-refractivity contribution in [2.45, 2.75) is 27.2 Å². The number of hydrogen-bond acceptors (Lipinski definition) is 2. The highest BCUT2D eigenvalue weighted by molar-refractivity contribution is 7.17. The molecule has 0 aliphatic heterocycles. The predicted octanol–water partition coefficient (Wildman–Crippen LogP) is 4.49. The number of carbonyl (C=O) groups is 1. The molecule has 3 aromatic rings. The summed E-state index contributed by atoms with van der Waals surface area (Å²) in [4.78, 5) is 17.4. The maximum atomic E-state index is 12.4. The van der Waals surface area contributed by atoms with Gasteiger partial charge in [-0.3, -0.25) is 4.79 Å². The fourth-order valence-corrected chi connectivity index (χ4v) is 4.25. The minimum absolute atomic E-state index is 0.141. The number of thiazole rings is 1. The zero-order chi connectivity index (χ0) is 17.4. The Hall–Kier alpha value is -1.91. The van der Waals surface area contributed by atoms with Gasteiger partial charge < -0.3 is 4.57 Å². The number of fused-ring (bicyclic) bond motifs is 1. The third kappa shape index (κ3) is 3.17. The molecule has 0 spiro atoms. The van der Waals surface area contributed by atoms with Gasteiger partial charge in [0.25, 0.3) is 5.91 Å². The first-order valence-corrected chi connectivity index (χ1v) is 8.94. The van der Waals surface area contributed by atoms with E-state index in [9.17, 15) is 4.79 Å². The molecule has 0 N–H and O–H groups in total. The van der Waals surface area contributed by atoms with Crippen molar-refractivity contribution in [1.82, 2.24) is 4.57 Å². The van der Waals surface area contributed by atoms with E-state index in [1.807, 2.05) is 56.7 Å². The fraction of sp³-hybridized carbons (Fsp3) is 0.263. The first kappa shape index (κ1) is 16.9. The molecule has 0 unspecified atom stereocenters. The van der Waals surface area contributed by atoms with Gasteiger partial charge in [0.05, 0.1) is 21.7 Å². The van der Waals surface area contributed by atoms with E-state index in [1.54, 1.807) is 0 Å². The Labute approximate surface area is 150 Å². The van der Waals surface area contributed by atoms with E-state index >= 15 is 0 Å². The van der Waals surface area contributed by atoms with Crippen molar-refractivity contribution in [3.05, 3.63) is 62.4 Å². The Morgan fingerprint density at radius 3 is 2.58 bits per heavy atom. The van der Waals surface area contributed by atoms with Crippen LogP contribution in [0.15, 0.2) is 35.3 Å². The Morgan fingerprint density at radius 2 is 1.92 bits per heavy atom. The van der Waals surface area contributed by atoms with Gasteiger partial charge >= 0.3 is 0 Å². The van der Waals surface area contributed by atoms with Crippen LogP contribution in [0.2, 0.25) is 5.02 Å². The lowest BCUT2D eigenvalue weighted by Crippen LogP contribution is -2.14. The summed E-state index contributed by atoms with van der Waals surface area (Å²) in [6.45, 7) is 6.11. The molecule has 3 nitrogen and oxygen atoms in total. The van der Waals surface area contributed by atoms with E-state index in [2.05, 4.69) is 11.1 Å². The van der Waals surface area contributed by atoms with Gasteiger partial charge in [-0.1, -0.05) is 52.8 Å². The maximum Gasteiger partial charge on any atom is 0.252 e. The van der Waals surface area contributed by atoms with Gasteiger partial charge in [-0.05, 0) is 43.5 Å². The molecule has 3 rings (SSSR count). The summed E-state index contributed by atoms with van der Waals surface area (Å²) in [5, 5.41) is 0.694. The molecule has 0 saturated heterocycles. The van der Waals surface area contributed by atoms with Crippen LogP contribution in [0, 0.1) is 20.8 Å². The van der Waals surface area contributed by atoms with Crippen LogP contribution in [0.3, 0.4) is 0 Å². The van der Waals surface area contributed by atoms with Crippen LogP contribution in [0.1, 0.15) is 22.3 Å². The zero-order valence-electron chi connectivity index (χ0n) is 14.2. The molecule has 1 heterocycles. The zero-order valence-corrected chi connectivity index (χ0v) is 15.8. The van der Waals surface area contributed by atoms with Crippen LogP contribution in [-0.2, 0) is 18.3 Å². The van der Waals surface area contributed by atoms with Crippen molar-refractivity contribution in [2.24, 2.45) is 12.0 Å². The van der Waals surface area contributed by atoms with Crippen LogP contribution in [0.25, 0.3) is 10.2 Å². The van der Waals surface area contributed by atoms with Crippen LogP contribution in [0.4, 0.5) is 0 Å². The standard InChI is InChI=1S/C19H19ClN2OS/c1-11-5-7-14(13(3)9-11)10-16(23)21-19-22(4)17-12(2)6-8-15(20)18(17)24-19/h5-9H,10H2,1-4H3. The van der Waals surface area contributed by atoms with Gasteiger partial charge in [0, 0.05) is 7.05 Å². The Balaban J connectivity index is 2.01. The molecule has 0 aliphatic rings. The highest BCUT2D eigenvalue weighted by atomic mass is 35.5. The summed E-state index contributed by atoms with van der Waals surface area (Å²) in [6, 6.07) is 9.99. The van der Waals surface area contributed by atoms with Gasteiger partial charge in [-0.25, -0.2) is 0 Å². The van der Waals surface area contributed by atoms with E-state index in [0.717, 1.165) is 26.9 Å². The average molecular weight is 359 g/mol. The molecule has 24 heavy (non-hydrogen) atoms. The Morgan fingerprint density at radius 1 is 1.17 bits per heavy atom. The maximum absolute atomic E-state index is 12.4. The number of rotatable bonds is 2. The first-order valence-electron chi connectivity index (χ1n) is 7.75. The summed E-state index contributed by atoms with van der Waals surface area (Å²) in [6.07, 6.45) is 0.313. The molecule has 1 aromatic heterocycles. The van der Waals surface area contributed by atoms with Crippen molar-refractivity contribution >= 4 is 39.1 Å². The van der Waals surface area contributed by atoms with Crippen LogP contribution >= 0.6 is 22.9 Å². The molecular weight excluding hydrogens is 340 g/mol. The van der Waals surface area contributed by atoms with Crippen molar-refractivity contribution in [3.8, 4) is 0 Å². The second-order valence-corrected chi connectivity index (χ2v) is 7.48. The van der Waals surface area contributed by atoms with E-state index in [0.29, 0.717) is 16.2 Å². The highest BCUT2D eigenvalue weighted by Crippen LogP contribution is 2.28. The van der Waals surface area contributed by atoms with Gasteiger partial charge in [-0.15, -0.1) is 0 Å². The van der Waals surface area contributed by atoms with Crippen molar-refractivity contribution in [2.75, 3.05) is 0 Å².